The van der Waals surface area contributed by atoms with Crippen molar-refractivity contribution in [2.24, 2.45) is 5.73 Å². The molecule has 0 aromatic heterocycles. The first-order valence-corrected chi connectivity index (χ1v) is 7.96. The third-order valence-corrected chi connectivity index (χ3v) is 4.44. The van der Waals surface area contributed by atoms with Crippen molar-refractivity contribution < 1.29 is 17.9 Å². The van der Waals surface area contributed by atoms with Crippen LogP contribution in [0.2, 0.25) is 0 Å². The Bertz CT molecular complexity index is 432. The van der Waals surface area contributed by atoms with Gasteiger partial charge in [0.25, 0.3) is 0 Å². The van der Waals surface area contributed by atoms with Crippen molar-refractivity contribution in [2.75, 3.05) is 13.2 Å². The molecule has 1 amide bonds. The molecule has 0 atom stereocenters. The summed E-state index contributed by atoms with van der Waals surface area (Å²) in [6, 6.07) is -0.173. The van der Waals surface area contributed by atoms with Crippen LogP contribution in [0.25, 0.3) is 0 Å². The molecule has 0 radical (unpaired) electrons. The maximum Gasteiger partial charge on any atom is 0.421 e. The van der Waals surface area contributed by atoms with E-state index in [1.54, 1.807) is 6.92 Å². The second kappa shape index (κ2) is 7.01. The van der Waals surface area contributed by atoms with Crippen LogP contribution in [0.1, 0.15) is 32.6 Å². The molecular weight excluding hydrogens is 290 g/mol. The summed E-state index contributed by atoms with van der Waals surface area (Å²) in [4.78, 5) is 11.3. The average Bonchev–Trinajstić information content (AvgIpc) is 2.77. The fourth-order valence-electron chi connectivity index (χ4n) is 2.08. The van der Waals surface area contributed by atoms with E-state index in [-0.39, 0.29) is 24.2 Å². The molecule has 0 spiro atoms. The van der Waals surface area contributed by atoms with E-state index in [0.29, 0.717) is 0 Å². The molecule has 1 rings (SSSR count). The highest BCUT2D eigenvalue weighted by molar-refractivity contribution is 7.87. The lowest BCUT2D eigenvalue weighted by Gasteiger charge is -2.27. The number of nitrogens with two attached hydrogens (primary N) is 1. The Kier molecular flexibility index (Phi) is 5.95. The lowest BCUT2D eigenvalue weighted by atomic mass is 10.2. The zero-order chi connectivity index (χ0) is 14.5. The van der Waals surface area contributed by atoms with Crippen molar-refractivity contribution in [3.63, 3.8) is 0 Å². The normalized spacial score (nSPS) is 16.5. The van der Waals surface area contributed by atoms with E-state index in [1.807, 2.05) is 4.72 Å². The first-order valence-electron chi connectivity index (χ1n) is 6.11. The van der Waals surface area contributed by atoms with Gasteiger partial charge in [-0.05, 0) is 19.8 Å². The monoisotopic (exact) mass is 309 g/mol. The molecular formula is C10H19N3O4S2. The summed E-state index contributed by atoms with van der Waals surface area (Å²) in [7, 11) is -3.98. The van der Waals surface area contributed by atoms with Crippen LogP contribution in [0.5, 0.6) is 0 Å². The molecule has 0 aliphatic heterocycles. The van der Waals surface area contributed by atoms with E-state index in [1.165, 1.54) is 0 Å². The Morgan fingerprint density at radius 1 is 1.47 bits per heavy atom. The van der Waals surface area contributed by atoms with Gasteiger partial charge in [-0.1, -0.05) is 25.1 Å². The smallest absolute Gasteiger partial charge is 0.421 e. The Morgan fingerprint density at radius 2 is 2.05 bits per heavy atom. The fraction of sp³-hybridized carbons (Fsp3) is 0.800. The van der Waals surface area contributed by atoms with Crippen LogP contribution in [-0.2, 0) is 14.9 Å². The minimum absolute atomic E-state index is 0.0705. The standard InChI is InChI=1S/C10H19N3O4S2/c1-2-17-10(14)12-19(15,16)13(7-9(11)18)8-5-3-4-6-8/h8H,2-7H2,1H3,(H2,11,18)(H,12,14). The highest BCUT2D eigenvalue weighted by Crippen LogP contribution is 2.25. The highest BCUT2D eigenvalue weighted by Gasteiger charge is 2.33. The van der Waals surface area contributed by atoms with Gasteiger partial charge in [0.1, 0.15) is 0 Å². The summed E-state index contributed by atoms with van der Waals surface area (Å²) in [5, 5.41) is 0. The summed E-state index contributed by atoms with van der Waals surface area (Å²) in [6.45, 7) is 1.62. The number of ether oxygens (including phenoxy) is 1. The van der Waals surface area contributed by atoms with Gasteiger partial charge in [0.15, 0.2) is 0 Å². The molecule has 0 bridgehead atoms. The minimum atomic E-state index is -3.98. The number of nitrogens with one attached hydrogen (secondary N) is 1. The molecule has 19 heavy (non-hydrogen) atoms. The molecule has 110 valence electrons. The van der Waals surface area contributed by atoms with Crippen LogP contribution in [0.3, 0.4) is 0 Å². The third-order valence-electron chi connectivity index (χ3n) is 2.84. The molecule has 1 saturated carbocycles. The lowest BCUT2D eigenvalue weighted by Crippen LogP contribution is -2.50. The molecule has 1 aliphatic rings. The Labute approximate surface area is 118 Å². The summed E-state index contributed by atoms with van der Waals surface area (Å²) >= 11 is 4.77. The number of carbonyl (C=O) groups excluding carboxylic acids is 1. The molecule has 1 fully saturated rings. The summed E-state index contributed by atoms with van der Waals surface area (Å²) in [5.41, 5.74) is 5.43. The van der Waals surface area contributed by atoms with Gasteiger partial charge < -0.3 is 10.5 Å². The molecule has 0 unspecified atom stereocenters. The van der Waals surface area contributed by atoms with Gasteiger partial charge in [-0.3, -0.25) is 0 Å². The fourth-order valence-corrected chi connectivity index (χ4v) is 3.60. The van der Waals surface area contributed by atoms with E-state index in [0.717, 1.165) is 30.0 Å². The number of hydrogen-bond donors (Lipinski definition) is 2. The molecule has 7 nitrogen and oxygen atoms in total. The largest absolute Gasteiger partial charge is 0.449 e. The van der Waals surface area contributed by atoms with Crippen LogP contribution in [0, 0.1) is 0 Å². The Morgan fingerprint density at radius 3 is 2.53 bits per heavy atom. The van der Waals surface area contributed by atoms with Gasteiger partial charge in [-0.2, -0.15) is 12.7 Å². The summed E-state index contributed by atoms with van der Waals surface area (Å²) in [5.74, 6) is 0. The van der Waals surface area contributed by atoms with Gasteiger partial charge in [0.2, 0.25) is 0 Å². The highest BCUT2D eigenvalue weighted by atomic mass is 32.2. The van der Waals surface area contributed by atoms with Gasteiger partial charge in [-0.25, -0.2) is 9.52 Å². The zero-order valence-corrected chi connectivity index (χ0v) is 12.4. The van der Waals surface area contributed by atoms with Gasteiger partial charge >= 0.3 is 16.3 Å². The maximum atomic E-state index is 12.1. The number of hydrogen-bond acceptors (Lipinski definition) is 5. The zero-order valence-electron chi connectivity index (χ0n) is 10.8. The van der Waals surface area contributed by atoms with E-state index in [2.05, 4.69) is 4.74 Å². The molecule has 0 aromatic carbocycles. The number of nitrogens with zero attached hydrogens (tertiary/aromatic N) is 1. The Hall–Kier alpha value is -0.930. The van der Waals surface area contributed by atoms with Crippen LogP contribution in [-0.4, -0.2) is 43.0 Å². The van der Waals surface area contributed by atoms with E-state index in [9.17, 15) is 13.2 Å². The van der Waals surface area contributed by atoms with Crippen LogP contribution >= 0.6 is 12.2 Å². The van der Waals surface area contributed by atoms with Crippen molar-refractivity contribution >= 4 is 33.5 Å². The van der Waals surface area contributed by atoms with E-state index < -0.39 is 16.3 Å². The number of thiocarbonyl (C=S) groups is 1. The van der Waals surface area contributed by atoms with Crippen molar-refractivity contribution in [1.82, 2.24) is 9.03 Å². The molecule has 0 heterocycles. The van der Waals surface area contributed by atoms with Gasteiger partial charge in [-0.15, -0.1) is 0 Å². The van der Waals surface area contributed by atoms with E-state index >= 15 is 0 Å². The first-order chi connectivity index (χ1) is 8.86. The number of amides is 1. The predicted molar refractivity (Wildman–Crippen MR) is 74.8 cm³/mol. The molecule has 3 N–H and O–H groups in total. The van der Waals surface area contributed by atoms with Crippen molar-refractivity contribution in [3.8, 4) is 0 Å². The quantitative estimate of drug-likeness (QED) is 0.693. The molecule has 1 aliphatic carbocycles. The van der Waals surface area contributed by atoms with Crippen LogP contribution in [0.4, 0.5) is 4.79 Å². The van der Waals surface area contributed by atoms with Crippen molar-refractivity contribution in [2.45, 2.75) is 38.6 Å². The minimum Gasteiger partial charge on any atom is -0.449 e. The van der Waals surface area contributed by atoms with Crippen molar-refractivity contribution in [3.05, 3.63) is 0 Å². The topological polar surface area (TPSA) is 102 Å². The first kappa shape index (κ1) is 16.1. The average molecular weight is 309 g/mol. The lowest BCUT2D eigenvalue weighted by molar-refractivity contribution is 0.158. The van der Waals surface area contributed by atoms with Crippen molar-refractivity contribution in [1.29, 1.82) is 0 Å². The molecule has 0 aromatic rings. The summed E-state index contributed by atoms with van der Waals surface area (Å²) in [6.07, 6.45) is 2.40. The van der Waals surface area contributed by atoms with Gasteiger partial charge in [0.05, 0.1) is 18.1 Å². The second-order valence-electron chi connectivity index (χ2n) is 4.28. The molecule has 9 heteroatoms. The van der Waals surface area contributed by atoms with Gasteiger partial charge in [0, 0.05) is 6.04 Å². The summed E-state index contributed by atoms with van der Waals surface area (Å²) < 4.78 is 31.9. The van der Waals surface area contributed by atoms with Crippen LogP contribution in [0.15, 0.2) is 0 Å². The SMILES string of the molecule is CCOC(=O)NS(=O)(=O)N(CC(N)=S)C1CCCC1. The Balaban J connectivity index is 2.82. The third kappa shape index (κ3) is 4.92. The number of carbonyl (C=O) groups is 1. The van der Waals surface area contributed by atoms with E-state index in [4.69, 9.17) is 18.0 Å². The van der Waals surface area contributed by atoms with Crippen LogP contribution < -0.4 is 10.5 Å². The predicted octanol–water partition coefficient (Wildman–Crippen LogP) is 0.508. The second-order valence-corrected chi connectivity index (χ2v) is 6.43. The number of rotatable bonds is 6. The maximum absolute atomic E-state index is 12.1. The molecule has 0 saturated heterocycles.